The number of halogens is 1. The molecule has 0 spiro atoms. The topological polar surface area (TPSA) is 58.1 Å². The van der Waals surface area contributed by atoms with E-state index in [1.54, 1.807) is 6.07 Å². The van der Waals surface area contributed by atoms with Crippen LogP contribution < -0.4 is 10.2 Å². The van der Waals surface area contributed by atoms with Crippen LogP contribution in [0.25, 0.3) is 0 Å². The summed E-state index contributed by atoms with van der Waals surface area (Å²) in [5.41, 5.74) is 0. The molecule has 0 unspecified atom stereocenters. The lowest BCUT2D eigenvalue weighted by Crippen LogP contribution is -2.28. The third-order valence-electron chi connectivity index (χ3n) is 1.74. The molecule has 2 heterocycles. The number of aromatic nitrogens is 2. The molecule has 0 aliphatic carbocycles. The molecular formula is C7H7ClN4O. The first kappa shape index (κ1) is 8.25. The van der Waals surface area contributed by atoms with Gasteiger partial charge >= 0.3 is 6.03 Å². The number of anilines is 1. The molecule has 2 rings (SSSR count). The Balaban J connectivity index is 2.29. The highest BCUT2D eigenvalue weighted by Crippen LogP contribution is 2.13. The van der Waals surface area contributed by atoms with E-state index in [0.717, 1.165) is 0 Å². The van der Waals surface area contributed by atoms with E-state index < -0.39 is 0 Å². The van der Waals surface area contributed by atoms with Crippen molar-refractivity contribution in [2.24, 2.45) is 0 Å². The molecule has 0 saturated carbocycles. The van der Waals surface area contributed by atoms with Gasteiger partial charge in [-0.1, -0.05) is 0 Å². The summed E-state index contributed by atoms with van der Waals surface area (Å²) in [6.45, 7) is 1.26. The molecule has 1 aliphatic heterocycles. The Bertz CT molecular complexity index is 343. The SMILES string of the molecule is O=C1NCCN1c1ccnc(Cl)n1. The third-order valence-corrected chi connectivity index (χ3v) is 1.93. The van der Waals surface area contributed by atoms with Gasteiger partial charge in [0.25, 0.3) is 0 Å². The number of urea groups is 1. The lowest BCUT2D eigenvalue weighted by atomic mass is 10.5. The molecule has 0 bridgehead atoms. The minimum absolute atomic E-state index is 0.144. The summed E-state index contributed by atoms with van der Waals surface area (Å²) in [7, 11) is 0. The zero-order valence-corrected chi connectivity index (χ0v) is 7.45. The summed E-state index contributed by atoms with van der Waals surface area (Å²) < 4.78 is 0. The molecule has 1 N–H and O–H groups in total. The van der Waals surface area contributed by atoms with Gasteiger partial charge in [-0.3, -0.25) is 4.90 Å². The normalized spacial score (nSPS) is 16.1. The molecule has 1 aliphatic rings. The molecule has 2 amide bonds. The Labute approximate surface area is 79.7 Å². The van der Waals surface area contributed by atoms with Gasteiger partial charge in [0.15, 0.2) is 0 Å². The predicted octanol–water partition coefficient (Wildman–Crippen LogP) is 0.660. The summed E-state index contributed by atoms with van der Waals surface area (Å²) >= 11 is 5.59. The molecule has 6 heteroatoms. The second kappa shape index (κ2) is 3.18. The standard InChI is InChI=1S/C7H7ClN4O/c8-6-9-2-1-5(11-6)12-4-3-10-7(12)13/h1-2H,3-4H2,(H,10,13). The van der Waals surface area contributed by atoms with Crippen molar-refractivity contribution in [1.29, 1.82) is 0 Å². The largest absolute Gasteiger partial charge is 0.336 e. The molecule has 1 saturated heterocycles. The maximum absolute atomic E-state index is 11.2. The van der Waals surface area contributed by atoms with Gasteiger partial charge in [-0.05, 0) is 17.7 Å². The van der Waals surface area contributed by atoms with Crippen LogP contribution in [0, 0.1) is 0 Å². The number of nitrogens with one attached hydrogen (secondary N) is 1. The van der Waals surface area contributed by atoms with Gasteiger partial charge in [-0.2, -0.15) is 0 Å². The number of rotatable bonds is 1. The Kier molecular flexibility index (Phi) is 2.02. The molecule has 1 aromatic rings. The second-order valence-corrected chi connectivity index (χ2v) is 2.91. The first-order valence-electron chi connectivity index (χ1n) is 3.81. The molecule has 0 aromatic carbocycles. The van der Waals surface area contributed by atoms with Gasteiger partial charge in [-0.15, -0.1) is 0 Å². The van der Waals surface area contributed by atoms with Crippen molar-refractivity contribution >= 4 is 23.4 Å². The van der Waals surface area contributed by atoms with Crippen LogP contribution >= 0.6 is 11.6 Å². The van der Waals surface area contributed by atoms with E-state index in [2.05, 4.69) is 15.3 Å². The van der Waals surface area contributed by atoms with Crippen molar-refractivity contribution in [3.05, 3.63) is 17.5 Å². The van der Waals surface area contributed by atoms with Crippen LogP contribution in [0.3, 0.4) is 0 Å². The van der Waals surface area contributed by atoms with Crippen molar-refractivity contribution in [1.82, 2.24) is 15.3 Å². The van der Waals surface area contributed by atoms with Crippen LogP contribution in [0.2, 0.25) is 5.28 Å². The molecule has 1 fully saturated rings. The molecule has 0 atom stereocenters. The molecule has 1 aromatic heterocycles. The summed E-state index contributed by atoms with van der Waals surface area (Å²) in [5, 5.41) is 2.82. The maximum Gasteiger partial charge on any atom is 0.323 e. The second-order valence-electron chi connectivity index (χ2n) is 2.57. The summed E-state index contributed by atoms with van der Waals surface area (Å²) in [6.07, 6.45) is 1.52. The van der Waals surface area contributed by atoms with E-state index in [-0.39, 0.29) is 11.3 Å². The van der Waals surface area contributed by atoms with Crippen LogP contribution in [0.15, 0.2) is 12.3 Å². The fraction of sp³-hybridized carbons (Fsp3) is 0.286. The van der Waals surface area contributed by atoms with Gasteiger partial charge in [0.05, 0.1) is 0 Å². The zero-order valence-electron chi connectivity index (χ0n) is 6.70. The van der Waals surface area contributed by atoms with Crippen molar-refractivity contribution in [3.63, 3.8) is 0 Å². The summed E-state index contributed by atoms with van der Waals surface area (Å²) in [4.78, 5) is 20.4. The summed E-state index contributed by atoms with van der Waals surface area (Å²) in [5.74, 6) is 0.537. The Hall–Kier alpha value is -1.36. The molecule has 0 radical (unpaired) electrons. The van der Waals surface area contributed by atoms with Crippen molar-refractivity contribution in [2.75, 3.05) is 18.0 Å². The van der Waals surface area contributed by atoms with E-state index in [1.807, 2.05) is 0 Å². The van der Waals surface area contributed by atoms with Gasteiger partial charge in [-0.25, -0.2) is 14.8 Å². The van der Waals surface area contributed by atoms with Gasteiger partial charge in [0.2, 0.25) is 5.28 Å². The van der Waals surface area contributed by atoms with Gasteiger partial charge in [0.1, 0.15) is 5.82 Å². The fourth-order valence-electron chi connectivity index (χ4n) is 1.17. The number of nitrogens with zero attached hydrogens (tertiary/aromatic N) is 3. The van der Waals surface area contributed by atoms with E-state index in [4.69, 9.17) is 11.6 Å². The predicted molar refractivity (Wildman–Crippen MR) is 47.8 cm³/mol. The highest BCUT2D eigenvalue weighted by molar-refractivity contribution is 6.28. The van der Waals surface area contributed by atoms with Crippen LogP contribution in [-0.2, 0) is 0 Å². The monoisotopic (exact) mass is 198 g/mol. The smallest absolute Gasteiger partial charge is 0.323 e. The lowest BCUT2D eigenvalue weighted by Gasteiger charge is -2.11. The van der Waals surface area contributed by atoms with E-state index in [1.165, 1.54) is 11.1 Å². The number of carbonyl (C=O) groups excluding carboxylic acids is 1. The third kappa shape index (κ3) is 1.55. The Morgan fingerprint density at radius 3 is 3.08 bits per heavy atom. The molecule has 13 heavy (non-hydrogen) atoms. The minimum Gasteiger partial charge on any atom is -0.336 e. The Morgan fingerprint density at radius 1 is 1.62 bits per heavy atom. The first-order chi connectivity index (χ1) is 6.27. The Morgan fingerprint density at radius 2 is 2.46 bits per heavy atom. The fourth-order valence-corrected chi connectivity index (χ4v) is 1.31. The maximum atomic E-state index is 11.2. The van der Waals surface area contributed by atoms with Crippen LogP contribution in [0.5, 0.6) is 0 Å². The van der Waals surface area contributed by atoms with Crippen molar-refractivity contribution < 1.29 is 4.79 Å². The molecule has 5 nitrogen and oxygen atoms in total. The average Bonchev–Trinajstić information content (AvgIpc) is 2.51. The number of hydrogen-bond acceptors (Lipinski definition) is 3. The van der Waals surface area contributed by atoms with Crippen molar-refractivity contribution in [2.45, 2.75) is 0 Å². The number of hydrogen-bond donors (Lipinski definition) is 1. The lowest BCUT2D eigenvalue weighted by molar-refractivity contribution is 0.252. The average molecular weight is 199 g/mol. The molecule has 68 valence electrons. The number of amides is 2. The van der Waals surface area contributed by atoms with Crippen LogP contribution in [0.4, 0.5) is 10.6 Å². The summed E-state index contributed by atoms with van der Waals surface area (Å²) in [6, 6.07) is 1.51. The quantitative estimate of drug-likeness (QED) is 0.675. The van der Waals surface area contributed by atoms with E-state index >= 15 is 0 Å². The van der Waals surface area contributed by atoms with Crippen LogP contribution in [0.1, 0.15) is 0 Å². The highest BCUT2D eigenvalue weighted by atomic mass is 35.5. The highest BCUT2D eigenvalue weighted by Gasteiger charge is 2.22. The van der Waals surface area contributed by atoms with E-state index in [9.17, 15) is 4.79 Å². The van der Waals surface area contributed by atoms with Crippen molar-refractivity contribution in [3.8, 4) is 0 Å². The van der Waals surface area contributed by atoms with E-state index in [0.29, 0.717) is 18.9 Å². The minimum atomic E-state index is -0.144. The van der Waals surface area contributed by atoms with Gasteiger partial charge in [0, 0.05) is 19.3 Å². The zero-order chi connectivity index (χ0) is 9.26. The van der Waals surface area contributed by atoms with Crippen LogP contribution in [-0.4, -0.2) is 29.1 Å². The first-order valence-corrected chi connectivity index (χ1v) is 4.19. The number of carbonyl (C=O) groups is 1. The molecular weight excluding hydrogens is 192 g/mol. The van der Waals surface area contributed by atoms with Gasteiger partial charge < -0.3 is 5.32 Å².